The molecular weight excluding hydrogens is 148 g/mol. The first kappa shape index (κ1) is 11.9. The zero-order valence-electron chi connectivity index (χ0n) is 9.15. The van der Waals surface area contributed by atoms with E-state index >= 15 is 0 Å². The van der Waals surface area contributed by atoms with Crippen LogP contribution in [0.3, 0.4) is 0 Å². The predicted molar refractivity (Wildman–Crippen MR) is 55.2 cm³/mol. The Hall–Kier alpha value is -0.0800. The molecule has 0 aromatic heterocycles. The summed E-state index contributed by atoms with van der Waals surface area (Å²) in [6.07, 6.45) is 1.10. The van der Waals surface area contributed by atoms with Crippen LogP contribution in [0.1, 0.15) is 41.0 Å². The maximum atomic E-state index is 5.92. The fourth-order valence-corrected chi connectivity index (χ4v) is 1.13. The minimum atomic E-state index is 0.189. The Morgan fingerprint density at radius 1 is 1.25 bits per heavy atom. The molecule has 1 unspecified atom stereocenters. The highest BCUT2D eigenvalue weighted by atomic mass is 15.0. The summed E-state index contributed by atoms with van der Waals surface area (Å²) in [5.74, 6) is 0.696. The average Bonchev–Trinajstić information content (AvgIpc) is 1.80. The molecule has 0 aromatic rings. The number of hydrogen-bond acceptors (Lipinski definition) is 2. The Bertz CT molecular complexity index is 113. The van der Waals surface area contributed by atoms with E-state index in [9.17, 15) is 0 Å². The summed E-state index contributed by atoms with van der Waals surface area (Å²) >= 11 is 0. The van der Waals surface area contributed by atoms with E-state index in [1.807, 2.05) is 0 Å². The van der Waals surface area contributed by atoms with Gasteiger partial charge in [-0.1, -0.05) is 13.8 Å². The minimum absolute atomic E-state index is 0.189. The van der Waals surface area contributed by atoms with E-state index < -0.39 is 0 Å². The molecule has 0 aliphatic heterocycles. The average molecular weight is 172 g/mol. The molecule has 0 amide bonds. The number of hydrogen-bond donors (Lipinski definition) is 2. The van der Waals surface area contributed by atoms with E-state index in [1.165, 1.54) is 0 Å². The second-order valence-electron chi connectivity index (χ2n) is 5.02. The lowest BCUT2D eigenvalue weighted by Gasteiger charge is -2.24. The minimum Gasteiger partial charge on any atom is -0.327 e. The van der Waals surface area contributed by atoms with Crippen molar-refractivity contribution in [3.05, 3.63) is 0 Å². The van der Waals surface area contributed by atoms with Crippen molar-refractivity contribution in [2.24, 2.45) is 11.7 Å². The zero-order chi connectivity index (χ0) is 9.78. The molecule has 0 radical (unpaired) electrons. The molecule has 0 aromatic carbocycles. The highest BCUT2D eigenvalue weighted by Crippen LogP contribution is 2.04. The van der Waals surface area contributed by atoms with Gasteiger partial charge < -0.3 is 11.1 Å². The van der Waals surface area contributed by atoms with Crippen molar-refractivity contribution in [3.63, 3.8) is 0 Å². The number of nitrogens with two attached hydrogens (primary N) is 1. The van der Waals surface area contributed by atoms with Gasteiger partial charge in [0.1, 0.15) is 0 Å². The first-order valence-electron chi connectivity index (χ1n) is 4.82. The van der Waals surface area contributed by atoms with Gasteiger partial charge in [-0.05, 0) is 33.1 Å². The third-order valence-corrected chi connectivity index (χ3v) is 1.67. The molecule has 0 aliphatic rings. The molecule has 0 saturated carbocycles. The summed E-state index contributed by atoms with van der Waals surface area (Å²) in [7, 11) is 0. The van der Waals surface area contributed by atoms with Crippen LogP contribution in [-0.2, 0) is 0 Å². The fraction of sp³-hybridized carbons (Fsp3) is 1.00. The molecule has 12 heavy (non-hydrogen) atoms. The largest absolute Gasteiger partial charge is 0.327 e. The van der Waals surface area contributed by atoms with Gasteiger partial charge in [0.2, 0.25) is 0 Å². The lowest BCUT2D eigenvalue weighted by Crippen LogP contribution is -2.44. The molecule has 2 nitrogen and oxygen atoms in total. The first-order valence-corrected chi connectivity index (χ1v) is 4.82. The molecular formula is C10H24N2. The fourth-order valence-electron chi connectivity index (χ4n) is 1.13. The van der Waals surface area contributed by atoms with Crippen LogP contribution in [0, 0.1) is 5.92 Å². The lowest BCUT2D eigenvalue weighted by molar-refractivity contribution is 0.381. The van der Waals surface area contributed by atoms with Gasteiger partial charge in [-0.2, -0.15) is 0 Å². The highest BCUT2D eigenvalue weighted by molar-refractivity contribution is 4.75. The van der Waals surface area contributed by atoms with Gasteiger partial charge >= 0.3 is 0 Å². The molecule has 0 saturated heterocycles. The highest BCUT2D eigenvalue weighted by Gasteiger charge is 2.11. The molecule has 74 valence electrons. The predicted octanol–water partition coefficient (Wildman–Crippen LogP) is 1.75. The molecule has 0 aliphatic carbocycles. The van der Waals surface area contributed by atoms with Crippen LogP contribution in [0.2, 0.25) is 0 Å². The van der Waals surface area contributed by atoms with Crippen molar-refractivity contribution < 1.29 is 0 Å². The van der Waals surface area contributed by atoms with E-state index in [-0.39, 0.29) is 5.54 Å². The van der Waals surface area contributed by atoms with Crippen molar-refractivity contribution in [1.82, 2.24) is 5.32 Å². The SMILES string of the molecule is CC(C)CC(N)CNC(C)(C)C. The van der Waals surface area contributed by atoms with Crippen LogP contribution >= 0.6 is 0 Å². The van der Waals surface area contributed by atoms with Crippen LogP contribution in [0.25, 0.3) is 0 Å². The standard InChI is InChI=1S/C10H24N2/c1-8(2)6-9(11)7-12-10(3,4)5/h8-9,12H,6-7,11H2,1-5H3. The Morgan fingerprint density at radius 2 is 1.75 bits per heavy atom. The van der Waals surface area contributed by atoms with Crippen molar-refractivity contribution in [1.29, 1.82) is 0 Å². The van der Waals surface area contributed by atoms with E-state index in [0.717, 1.165) is 13.0 Å². The maximum Gasteiger partial charge on any atom is 0.0167 e. The van der Waals surface area contributed by atoms with Crippen molar-refractivity contribution in [3.8, 4) is 0 Å². The molecule has 0 fully saturated rings. The quantitative estimate of drug-likeness (QED) is 0.678. The van der Waals surface area contributed by atoms with E-state index in [4.69, 9.17) is 5.73 Å². The number of rotatable bonds is 4. The van der Waals surface area contributed by atoms with Crippen LogP contribution < -0.4 is 11.1 Å². The van der Waals surface area contributed by atoms with E-state index in [2.05, 4.69) is 39.9 Å². The second kappa shape index (κ2) is 4.83. The third-order valence-electron chi connectivity index (χ3n) is 1.67. The molecule has 0 spiro atoms. The van der Waals surface area contributed by atoms with Gasteiger partial charge in [0.25, 0.3) is 0 Å². The molecule has 2 heteroatoms. The summed E-state index contributed by atoms with van der Waals surface area (Å²) in [4.78, 5) is 0. The smallest absolute Gasteiger partial charge is 0.0167 e. The van der Waals surface area contributed by atoms with Crippen LogP contribution in [0.15, 0.2) is 0 Å². The molecule has 0 rings (SSSR count). The third kappa shape index (κ3) is 8.02. The topological polar surface area (TPSA) is 38.0 Å². The second-order valence-corrected chi connectivity index (χ2v) is 5.02. The normalized spacial score (nSPS) is 15.2. The summed E-state index contributed by atoms with van der Waals surface area (Å²) in [6.45, 7) is 11.8. The zero-order valence-corrected chi connectivity index (χ0v) is 9.15. The number of nitrogens with one attached hydrogen (secondary N) is 1. The maximum absolute atomic E-state index is 5.92. The van der Waals surface area contributed by atoms with E-state index in [0.29, 0.717) is 12.0 Å². The Kier molecular flexibility index (Phi) is 4.80. The Balaban J connectivity index is 3.51. The Morgan fingerprint density at radius 3 is 2.08 bits per heavy atom. The summed E-state index contributed by atoms with van der Waals surface area (Å²) in [6, 6.07) is 0.296. The van der Waals surface area contributed by atoms with Crippen LogP contribution in [-0.4, -0.2) is 18.1 Å². The van der Waals surface area contributed by atoms with Crippen LogP contribution in [0.4, 0.5) is 0 Å². The lowest BCUT2D eigenvalue weighted by atomic mass is 10.0. The van der Waals surface area contributed by atoms with Gasteiger partial charge in [-0.15, -0.1) is 0 Å². The van der Waals surface area contributed by atoms with Crippen molar-refractivity contribution in [2.75, 3.05) is 6.54 Å². The van der Waals surface area contributed by atoms with Crippen LogP contribution in [0.5, 0.6) is 0 Å². The molecule has 0 bridgehead atoms. The van der Waals surface area contributed by atoms with Crippen molar-refractivity contribution in [2.45, 2.75) is 52.6 Å². The first-order chi connectivity index (χ1) is 5.31. The Labute approximate surface area is 76.9 Å². The molecule has 1 atom stereocenters. The van der Waals surface area contributed by atoms with Gasteiger partial charge in [-0.25, -0.2) is 0 Å². The van der Waals surface area contributed by atoms with Crippen molar-refractivity contribution >= 4 is 0 Å². The van der Waals surface area contributed by atoms with E-state index in [1.54, 1.807) is 0 Å². The summed E-state index contributed by atoms with van der Waals surface area (Å²) in [5.41, 5.74) is 6.11. The molecule has 3 N–H and O–H groups in total. The summed E-state index contributed by atoms with van der Waals surface area (Å²) in [5, 5.41) is 3.40. The monoisotopic (exact) mass is 172 g/mol. The van der Waals surface area contributed by atoms with Gasteiger partial charge in [0.05, 0.1) is 0 Å². The summed E-state index contributed by atoms with van der Waals surface area (Å²) < 4.78 is 0. The van der Waals surface area contributed by atoms with Gasteiger partial charge in [0.15, 0.2) is 0 Å². The molecule has 0 heterocycles. The van der Waals surface area contributed by atoms with Gasteiger partial charge in [-0.3, -0.25) is 0 Å². The van der Waals surface area contributed by atoms with Gasteiger partial charge in [0, 0.05) is 18.1 Å².